The van der Waals surface area contributed by atoms with Gasteiger partial charge in [0.15, 0.2) is 5.11 Å². The highest BCUT2D eigenvalue weighted by Gasteiger charge is 2.13. The summed E-state index contributed by atoms with van der Waals surface area (Å²) in [6.07, 6.45) is 0. The number of para-hydroxylation sites is 2. The fourth-order valence-electron chi connectivity index (χ4n) is 1.82. The second-order valence-electron chi connectivity index (χ2n) is 4.32. The molecule has 114 valence electrons. The van der Waals surface area contributed by atoms with Crippen LogP contribution >= 0.6 is 28.1 Å². The molecule has 4 nitrogen and oxygen atoms in total. The first-order valence-corrected chi connectivity index (χ1v) is 7.90. The van der Waals surface area contributed by atoms with Crippen LogP contribution in [0, 0.1) is 0 Å². The van der Waals surface area contributed by atoms with Gasteiger partial charge >= 0.3 is 0 Å². The van der Waals surface area contributed by atoms with E-state index < -0.39 is 0 Å². The van der Waals surface area contributed by atoms with Crippen molar-refractivity contribution in [2.45, 2.75) is 6.92 Å². The van der Waals surface area contributed by atoms with Crippen molar-refractivity contribution in [2.24, 2.45) is 0 Å². The number of amides is 1. The van der Waals surface area contributed by atoms with E-state index in [2.05, 4.69) is 26.6 Å². The molecule has 0 heterocycles. The van der Waals surface area contributed by atoms with E-state index in [0.717, 1.165) is 10.2 Å². The fourth-order valence-corrected chi connectivity index (χ4v) is 2.41. The van der Waals surface area contributed by atoms with Gasteiger partial charge in [-0.1, -0.05) is 24.3 Å². The molecule has 0 aliphatic heterocycles. The largest absolute Gasteiger partial charge is 0.493 e. The summed E-state index contributed by atoms with van der Waals surface area (Å²) in [6.45, 7) is 2.36. The Hall–Kier alpha value is -1.92. The van der Waals surface area contributed by atoms with Gasteiger partial charge in [0, 0.05) is 4.47 Å². The Morgan fingerprint density at radius 2 is 1.86 bits per heavy atom. The molecule has 0 saturated heterocycles. The fraction of sp³-hybridized carbons (Fsp3) is 0.125. The zero-order chi connectivity index (χ0) is 15.9. The Kier molecular flexibility index (Phi) is 5.91. The van der Waals surface area contributed by atoms with Gasteiger partial charge in [0.25, 0.3) is 5.91 Å². The van der Waals surface area contributed by atoms with E-state index in [1.165, 1.54) is 0 Å². The predicted molar refractivity (Wildman–Crippen MR) is 95.4 cm³/mol. The SMILES string of the molecule is CCOc1ccccc1C(=O)NC(=S)Nc1ccccc1Br. The number of nitrogens with one attached hydrogen (secondary N) is 2. The number of anilines is 1. The van der Waals surface area contributed by atoms with Crippen molar-refractivity contribution < 1.29 is 9.53 Å². The number of carbonyl (C=O) groups excluding carboxylic acids is 1. The summed E-state index contributed by atoms with van der Waals surface area (Å²) in [4.78, 5) is 12.3. The van der Waals surface area contributed by atoms with Gasteiger partial charge in [0.1, 0.15) is 5.75 Å². The molecule has 0 saturated carbocycles. The topological polar surface area (TPSA) is 50.4 Å². The smallest absolute Gasteiger partial charge is 0.261 e. The molecular formula is C16H15BrN2O2S. The molecule has 2 N–H and O–H groups in total. The van der Waals surface area contributed by atoms with Crippen LogP contribution in [-0.2, 0) is 0 Å². The molecule has 0 bridgehead atoms. The first-order chi connectivity index (χ1) is 10.6. The molecule has 0 aliphatic rings. The van der Waals surface area contributed by atoms with Crippen molar-refractivity contribution in [1.82, 2.24) is 5.32 Å². The third-order valence-corrected chi connectivity index (χ3v) is 3.68. The number of halogens is 1. The maximum atomic E-state index is 12.3. The predicted octanol–water partition coefficient (Wildman–Crippen LogP) is 3.97. The molecule has 2 rings (SSSR count). The molecule has 2 aromatic carbocycles. The van der Waals surface area contributed by atoms with Crippen LogP contribution in [0.3, 0.4) is 0 Å². The number of rotatable bonds is 4. The molecule has 0 aromatic heterocycles. The zero-order valence-corrected chi connectivity index (χ0v) is 14.3. The quantitative estimate of drug-likeness (QED) is 0.790. The Morgan fingerprint density at radius 1 is 1.18 bits per heavy atom. The molecular weight excluding hydrogens is 364 g/mol. The molecule has 0 spiro atoms. The van der Waals surface area contributed by atoms with Crippen LogP contribution in [-0.4, -0.2) is 17.6 Å². The van der Waals surface area contributed by atoms with Gasteiger partial charge in [-0.25, -0.2) is 0 Å². The van der Waals surface area contributed by atoms with Crippen LogP contribution in [0.15, 0.2) is 53.0 Å². The monoisotopic (exact) mass is 378 g/mol. The van der Waals surface area contributed by atoms with Crippen LogP contribution in [0.4, 0.5) is 5.69 Å². The number of carbonyl (C=O) groups is 1. The van der Waals surface area contributed by atoms with Crippen molar-refractivity contribution in [3.8, 4) is 5.75 Å². The Bertz CT molecular complexity index is 691. The third-order valence-electron chi connectivity index (χ3n) is 2.78. The van der Waals surface area contributed by atoms with Crippen LogP contribution in [0.25, 0.3) is 0 Å². The van der Waals surface area contributed by atoms with Crippen molar-refractivity contribution in [2.75, 3.05) is 11.9 Å². The summed E-state index contributed by atoms with van der Waals surface area (Å²) in [5.41, 5.74) is 1.23. The molecule has 0 aliphatic carbocycles. The first kappa shape index (κ1) is 16.5. The normalized spacial score (nSPS) is 9.91. The second kappa shape index (κ2) is 7.91. The second-order valence-corrected chi connectivity index (χ2v) is 5.58. The van der Waals surface area contributed by atoms with Gasteiger partial charge < -0.3 is 10.1 Å². The van der Waals surface area contributed by atoms with Gasteiger partial charge in [-0.3, -0.25) is 10.1 Å². The minimum Gasteiger partial charge on any atom is -0.493 e. The van der Waals surface area contributed by atoms with Gasteiger partial charge in [0.05, 0.1) is 17.9 Å². The highest BCUT2D eigenvalue weighted by molar-refractivity contribution is 9.10. The Morgan fingerprint density at radius 3 is 2.59 bits per heavy atom. The Labute approximate surface area is 143 Å². The van der Waals surface area contributed by atoms with Gasteiger partial charge in [0.2, 0.25) is 0 Å². The molecule has 0 atom stereocenters. The zero-order valence-electron chi connectivity index (χ0n) is 11.9. The maximum absolute atomic E-state index is 12.3. The summed E-state index contributed by atoms with van der Waals surface area (Å²) in [6, 6.07) is 14.6. The number of hydrogen-bond acceptors (Lipinski definition) is 3. The van der Waals surface area contributed by atoms with E-state index in [9.17, 15) is 4.79 Å². The van der Waals surface area contributed by atoms with Crippen molar-refractivity contribution in [3.05, 3.63) is 58.6 Å². The van der Waals surface area contributed by atoms with E-state index in [1.54, 1.807) is 18.2 Å². The van der Waals surface area contributed by atoms with Gasteiger partial charge in [-0.15, -0.1) is 0 Å². The lowest BCUT2D eigenvalue weighted by molar-refractivity contribution is 0.0974. The average Bonchev–Trinajstić information content (AvgIpc) is 2.50. The third kappa shape index (κ3) is 4.29. The summed E-state index contributed by atoms with van der Waals surface area (Å²) in [5, 5.41) is 5.85. The number of benzene rings is 2. The van der Waals surface area contributed by atoms with Gasteiger partial charge in [-0.05, 0) is 59.3 Å². The van der Waals surface area contributed by atoms with Crippen LogP contribution < -0.4 is 15.4 Å². The lowest BCUT2D eigenvalue weighted by Gasteiger charge is -2.13. The van der Waals surface area contributed by atoms with E-state index in [1.807, 2.05) is 37.3 Å². The lowest BCUT2D eigenvalue weighted by Crippen LogP contribution is -2.34. The minimum atomic E-state index is -0.311. The maximum Gasteiger partial charge on any atom is 0.261 e. The van der Waals surface area contributed by atoms with E-state index >= 15 is 0 Å². The van der Waals surface area contributed by atoms with Crippen molar-refractivity contribution in [3.63, 3.8) is 0 Å². The highest BCUT2D eigenvalue weighted by atomic mass is 79.9. The highest BCUT2D eigenvalue weighted by Crippen LogP contribution is 2.21. The molecule has 0 fully saturated rings. The first-order valence-electron chi connectivity index (χ1n) is 6.70. The number of ether oxygens (including phenoxy) is 1. The van der Waals surface area contributed by atoms with Crippen LogP contribution in [0.2, 0.25) is 0 Å². The van der Waals surface area contributed by atoms with Crippen molar-refractivity contribution >= 4 is 44.9 Å². The van der Waals surface area contributed by atoms with Crippen LogP contribution in [0.5, 0.6) is 5.75 Å². The molecule has 0 radical (unpaired) electrons. The molecule has 1 amide bonds. The average molecular weight is 379 g/mol. The molecule has 6 heteroatoms. The summed E-state index contributed by atoms with van der Waals surface area (Å²) >= 11 is 8.59. The standard InChI is InChI=1S/C16H15BrN2O2S/c1-2-21-14-10-6-3-7-11(14)15(20)19-16(22)18-13-9-5-4-8-12(13)17/h3-10H,2H2,1H3,(H2,18,19,20,22). The van der Waals surface area contributed by atoms with Gasteiger partial charge in [-0.2, -0.15) is 0 Å². The number of hydrogen-bond donors (Lipinski definition) is 2. The molecule has 22 heavy (non-hydrogen) atoms. The van der Waals surface area contributed by atoms with Crippen LogP contribution in [0.1, 0.15) is 17.3 Å². The lowest BCUT2D eigenvalue weighted by atomic mass is 10.2. The van der Waals surface area contributed by atoms with E-state index in [0.29, 0.717) is 17.9 Å². The van der Waals surface area contributed by atoms with Crippen molar-refractivity contribution in [1.29, 1.82) is 0 Å². The molecule has 0 unspecified atom stereocenters. The molecule has 2 aromatic rings. The summed E-state index contributed by atoms with van der Waals surface area (Å²) in [5.74, 6) is 0.222. The minimum absolute atomic E-state index is 0.225. The Balaban J connectivity index is 2.06. The summed E-state index contributed by atoms with van der Waals surface area (Å²) in [7, 11) is 0. The van der Waals surface area contributed by atoms with E-state index in [4.69, 9.17) is 17.0 Å². The number of thiocarbonyl (C=S) groups is 1. The van der Waals surface area contributed by atoms with E-state index in [-0.39, 0.29) is 11.0 Å². The summed E-state index contributed by atoms with van der Waals surface area (Å²) < 4.78 is 6.31.